The van der Waals surface area contributed by atoms with E-state index < -0.39 is 0 Å². The zero-order valence-corrected chi connectivity index (χ0v) is 13.8. The molecule has 0 aliphatic carbocycles. The average Bonchev–Trinajstić information content (AvgIpc) is 2.27. The summed E-state index contributed by atoms with van der Waals surface area (Å²) >= 11 is 6.96. The van der Waals surface area contributed by atoms with Crippen LogP contribution in [0.5, 0.6) is 0 Å². The Labute approximate surface area is 129 Å². The third-order valence-corrected chi connectivity index (χ3v) is 3.82. The van der Waals surface area contributed by atoms with Gasteiger partial charge in [0, 0.05) is 8.95 Å². The summed E-state index contributed by atoms with van der Waals surface area (Å²) in [7, 11) is 1.87. The molecule has 0 aliphatic heterocycles. The minimum absolute atomic E-state index is 0.0387. The topological polar surface area (TPSA) is 12.0 Å². The standard InChI is InChI=1S/C15H14Br2FN/c1-9-3-10(7-14(18)4-9)15(19-2)11-5-12(16)8-13(17)6-11/h3-8,15,19H,1-2H3. The maximum atomic E-state index is 13.6. The van der Waals surface area contributed by atoms with E-state index in [-0.39, 0.29) is 11.9 Å². The summed E-state index contributed by atoms with van der Waals surface area (Å²) < 4.78 is 15.5. The zero-order valence-electron chi connectivity index (χ0n) is 10.7. The maximum Gasteiger partial charge on any atom is 0.123 e. The molecule has 0 radical (unpaired) electrons. The van der Waals surface area contributed by atoms with E-state index >= 15 is 0 Å². The summed E-state index contributed by atoms with van der Waals surface area (Å²) in [5, 5.41) is 3.24. The summed E-state index contributed by atoms with van der Waals surface area (Å²) in [6.45, 7) is 1.90. The number of halogens is 3. The van der Waals surface area contributed by atoms with Crippen molar-refractivity contribution >= 4 is 31.9 Å². The summed E-state index contributed by atoms with van der Waals surface area (Å²) in [5.74, 6) is -0.204. The minimum Gasteiger partial charge on any atom is -0.309 e. The average molecular weight is 387 g/mol. The van der Waals surface area contributed by atoms with Crippen molar-refractivity contribution in [3.05, 3.63) is 67.9 Å². The van der Waals surface area contributed by atoms with Gasteiger partial charge in [0.15, 0.2) is 0 Å². The number of hydrogen-bond acceptors (Lipinski definition) is 1. The van der Waals surface area contributed by atoms with Gasteiger partial charge in [-0.25, -0.2) is 4.39 Å². The third kappa shape index (κ3) is 3.65. The van der Waals surface area contributed by atoms with E-state index in [2.05, 4.69) is 37.2 Å². The summed E-state index contributed by atoms with van der Waals surface area (Å²) in [6, 6.07) is 11.1. The fourth-order valence-corrected chi connectivity index (χ4v) is 3.53. The molecule has 2 rings (SSSR count). The Morgan fingerprint density at radius 3 is 2.05 bits per heavy atom. The second-order valence-electron chi connectivity index (χ2n) is 4.49. The number of aryl methyl sites for hydroxylation is 1. The highest BCUT2D eigenvalue weighted by atomic mass is 79.9. The molecule has 0 aromatic heterocycles. The van der Waals surface area contributed by atoms with Crippen molar-refractivity contribution in [3.8, 4) is 0 Å². The molecule has 0 saturated carbocycles. The predicted molar refractivity (Wildman–Crippen MR) is 83.9 cm³/mol. The Morgan fingerprint density at radius 2 is 1.53 bits per heavy atom. The van der Waals surface area contributed by atoms with Gasteiger partial charge in [-0.2, -0.15) is 0 Å². The van der Waals surface area contributed by atoms with Crippen molar-refractivity contribution in [1.82, 2.24) is 5.32 Å². The largest absolute Gasteiger partial charge is 0.309 e. The van der Waals surface area contributed by atoms with Crippen LogP contribution in [0.15, 0.2) is 45.3 Å². The van der Waals surface area contributed by atoms with E-state index in [0.29, 0.717) is 0 Å². The smallest absolute Gasteiger partial charge is 0.123 e. The zero-order chi connectivity index (χ0) is 14.0. The molecule has 0 heterocycles. The number of nitrogens with one attached hydrogen (secondary N) is 1. The molecule has 1 unspecified atom stereocenters. The fourth-order valence-electron chi connectivity index (χ4n) is 2.20. The molecule has 0 bridgehead atoms. The second-order valence-corrected chi connectivity index (χ2v) is 6.32. The van der Waals surface area contributed by atoms with Gasteiger partial charge in [-0.05, 0) is 61.0 Å². The van der Waals surface area contributed by atoms with Crippen LogP contribution in [0.25, 0.3) is 0 Å². The number of hydrogen-bond donors (Lipinski definition) is 1. The molecule has 100 valence electrons. The van der Waals surface area contributed by atoms with E-state index in [1.807, 2.05) is 38.2 Å². The van der Waals surface area contributed by atoms with Crippen molar-refractivity contribution in [3.63, 3.8) is 0 Å². The van der Waals surface area contributed by atoms with E-state index in [0.717, 1.165) is 25.6 Å². The van der Waals surface area contributed by atoms with Crippen LogP contribution in [0.4, 0.5) is 4.39 Å². The van der Waals surface area contributed by atoms with E-state index in [9.17, 15) is 4.39 Å². The van der Waals surface area contributed by atoms with Gasteiger partial charge >= 0.3 is 0 Å². The first-order chi connectivity index (χ1) is 8.99. The predicted octanol–water partition coefficient (Wildman–Crippen LogP) is 4.97. The highest BCUT2D eigenvalue weighted by Crippen LogP contribution is 2.28. The van der Waals surface area contributed by atoms with Crippen LogP contribution in [0.1, 0.15) is 22.7 Å². The molecule has 0 fully saturated rings. The second kappa shape index (κ2) is 6.16. The molecule has 1 N–H and O–H groups in total. The number of rotatable bonds is 3. The molecule has 1 nitrogen and oxygen atoms in total. The minimum atomic E-state index is -0.204. The van der Waals surface area contributed by atoms with Crippen LogP contribution in [-0.2, 0) is 0 Å². The Balaban J connectivity index is 2.49. The summed E-state index contributed by atoms with van der Waals surface area (Å²) in [6.07, 6.45) is 0. The lowest BCUT2D eigenvalue weighted by Gasteiger charge is -2.18. The lowest BCUT2D eigenvalue weighted by atomic mass is 9.97. The lowest BCUT2D eigenvalue weighted by molar-refractivity contribution is 0.615. The third-order valence-electron chi connectivity index (χ3n) is 2.90. The molecular formula is C15H14Br2FN. The monoisotopic (exact) mass is 385 g/mol. The van der Waals surface area contributed by atoms with E-state index in [1.165, 1.54) is 6.07 Å². The first-order valence-electron chi connectivity index (χ1n) is 5.90. The molecule has 0 aliphatic rings. The molecule has 0 saturated heterocycles. The van der Waals surface area contributed by atoms with Gasteiger partial charge in [0.2, 0.25) is 0 Å². The van der Waals surface area contributed by atoms with Gasteiger partial charge in [-0.1, -0.05) is 37.9 Å². The van der Waals surface area contributed by atoms with Crippen molar-refractivity contribution in [2.24, 2.45) is 0 Å². The Bertz CT molecular complexity index is 507. The summed E-state index contributed by atoms with van der Waals surface area (Å²) in [5.41, 5.74) is 2.92. The van der Waals surface area contributed by atoms with E-state index in [1.54, 1.807) is 6.07 Å². The van der Waals surface area contributed by atoms with Gasteiger partial charge in [-0.3, -0.25) is 0 Å². The van der Waals surface area contributed by atoms with Gasteiger partial charge in [-0.15, -0.1) is 0 Å². The van der Waals surface area contributed by atoms with E-state index in [4.69, 9.17) is 0 Å². The van der Waals surface area contributed by atoms with Crippen LogP contribution in [0.3, 0.4) is 0 Å². The number of benzene rings is 2. The Kier molecular flexibility index (Phi) is 4.76. The fraction of sp³-hybridized carbons (Fsp3) is 0.200. The first kappa shape index (κ1) is 14.7. The Morgan fingerprint density at radius 1 is 0.947 bits per heavy atom. The lowest BCUT2D eigenvalue weighted by Crippen LogP contribution is -2.18. The maximum absolute atomic E-state index is 13.6. The molecular weight excluding hydrogens is 373 g/mol. The van der Waals surface area contributed by atoms with Crippen LogP contribution in [0.2, 0.25) is 0 Å². The SMILES string of the molecule is CNC(c1cc(C)cc(F)c1)c1cc(Br)cc(Br)c1. The molecule has 1 atom stereocenters. The van der Waals surface area contributed by atoms with Gasteiger partial charge in [0.25, 0.3) is 0 Å². The van der Waals surface area contributed by atoms with Gasteiger partial charge < -0.3 is 5.32 Å². The first-order valence-corrected chi connectivity index (χ1v) is 7.48. The van der Waals surface area contributed by atoms with Crippen molar-refractivity contribution in [2.75, 3.05) is 7.05 Å². The van der Waals surface area contributed by atoms with Crippen molar-refractivity contribution in [1.29, 1.82) is 0 Å². The highest BCUT2D eigenvalue weighted by molar-refractivity contribution is 9.11. The van der Waals surface area contributed by atoms with Crippen LogP contribution < -0.4 is 5.32 Å². The molecule has 4 heteroatoms. The highest BCUT2D eigenvalue weighted by Gasteiger charge is 2.14. The van der Waals surface area contributed by atoms with Gasteiger partial charge in [0.05, 0.1) is 6.04 Å². The van der Waals surface area contributed by atoms with Crippen LogP contribution in [0, 0.1) is 12.7 Å². The van der Waals surface area contributed by atoms with Crippen molar-refractivity contribution < 1.29 is 4.39 Å². The molecule has 2 aromatic carbocycles. The molecule has 2 aromatic rings. The Hall–Kier alpha value is -0.710. The van der Waals surface area contributed by atoms with Crippen molar-refractivity contribution in [2.45, 2.75) is 13.0 Å². The summed E-state index contributed by atoms with van der Waals surface area (Å²) in [4.78, 5) is 0. The quantitative estimate of drug-likeness (QED) is 0.785. The van der Waals surface area contributed by atoms with Gasteiger partial charge in [0.1, 0.15) is 5.82 Å². The molecule has 0 spiro atoms. The molecule has 0 amide bonds. The van der Waals surface area contributed by atoms with Crippen LogP contribution in [-0.4, -0.2) is 7.05 Å². The normalized spacial score (nSPS) is 12.5. The molecule has 19 heavy (non-hydrogen) atoms. The van der Waals surface area contributed by atoms with Crippen LogP contribution >= 0.6 is 31.9 Å².